The van der Waals surface area contributed by atoms with Crippen LogP contribution in [0.4, 0.5) is 14.6 Å². The third-order valence-corrected chi connectivity index (χ3v) is 6.75. The number of amides is 2. The highest BCUT2D eigenvalue weighted by Gasteiger charge is 2.32. The number of nitrogens with one attached hydrogen (secondary N) is 2. The zero-order valence-corrected chi connectivity index (χ0v) is 23.4. The number of benzene rings is 2. The van der Waals surface area contributed by atoms with Gasteiger partial charge >= 0.3 is 0 Å². The molecule has 0 fully saturated rings. The van der Waals surface area contributed by atoms with Crippen molar-refractivity contribution in [3.8, 4) is 0 Å². The quantitative estimate of drug-likeness (QED) is 0.377. The lowest BCUT2D eigenvalue weighted by Gasteiger charge is -2.26. The molecular formula is C30H38F2N4O2. The van der Waals surface area contributed by atoms with Crippen molar-refractivity contribution in [2.24, 2.45) is 0 Å². The summed E-state index contributed by atoms with van der Waals surface area (Å²) in [6.45, 7) is 15.0. The van der Waals surface area contributed by atoms with E-state index in [2.05, 4.69) is 10.6 Å². The van der Waals surface area contributed by atoms with Gasteiger partial charge < -0.3 is 10.6 Å². The minimum Gasteiger partial charge on any atom is -0.345 e. The van der Waals surface area contributed by atoms with E-state index in [4.69, 9.17) is 5.10 Å². The number of rotatable bonds is 8. The molecular weight excluding hydrogens is 486 g/mol. The van der Waals surface area contributed by atoms with Gasteiger partial charge in [0, 0.05) is 24.0 Å². The molecule has 1 heterocycles. The van der Waals surface area contributed by atoms with Crippen LogP contribution in [0.1, 0.15) is 78.6 Å². The molecule has 0 unspecified atom stereocenters. The lowest BCUT2D eigenvalue weighted by molar-refractivity contribution is -0.126. The van der Waals surface area contributed by atoms with E-state index in [0.717, 1.165) is 11.6 Å². The highest BCUT2D eigenvalue weighted by molar-refractivity contribution is 5.96. The van der Waals surface area contributed by atoms with Gasteiger partial charge in [-0.15, -0.1) is 0 Å². The number of hydrogen-bond donors (Lipinski definition) is 2. The van der Waals surface area contributed by atoms with Crippen LogP contribution >= 0.6 is 0 Å². The standard InChI is InChI=1S/C30H38F2N4O2/c1-19(33-26(37)18-29(5,6)20-12-10-9-11-13-20)27(38)34-25-17-24(35-36(25)28(2,3)4)30(7,8)21-14-22(31)16-23(32)15-21/h9-17,19H,18H2,1-8H3,(H,33,37)(H,34,38)/t19-/m0/s1. The predicted molar refractivity (Wildman–Crippen MR) is 146 cm³/mol. The molecule has 8 heteroatoms. The Bertz CT molecular complexity index is 1290. The van der Waals surface area contributed by atoms with E-state index in [1.807, 2.05) is 78.8 Å². The minimum absolute atomic E-state index is 0.219. The molecule has 0 saturated carbocycles. The smallest absolute Gasteiger partial charge is 0.247 e. The molecule has 0 spiro atoms. The third kappa shape index (κ3) is 6.65. The first kappa shape index (κ1) is 29.0. The van der Waals surface area contributed by atoms with Crippen LogP contribution in [0.3, 0.4) is 0 Å². The van der Waals surface area contributed by atoms with E-state index < -0.39 is 40.0 Å². The number of hydrogen-bond acceptors (Lipinski definition) is 3. The molecule has 3 rings (SSSR count). The largest absolute Gasteiger partial charge is 0.345 e. The maximum atomic E-state index is 14.0. The highest BCUT2D eigenvalue weighted by atomic mass is 19.1. The topological polar surface area (TPSA) is 76.0 Å². The summed E-state index contributed by atoms with van der Waals surface area (Å²) in [5.41, 5.74) is 0.248. The SMILES string of the molecule is C[C@H](NC(=O)CC(C)(C)c1ccccc1)C(=O)Nc1cc(C(C)(C)c2cc(F)cc(F)c2)nn1C(C)(C)C. The highest BCUT2D eigenvalue weighted by Crippen LogP contribution is 2.35. The summed E-state index contributed by atoms with van der Waals surface area (Å²) in [7, 11) is 0. The molecule has 0 aliphatic rings. The average Bonchev–Trinajstić information content (AvgIpc) is 3.24. The van der Waals surface area contributed by atoms with Crippen molar-refractivity contribution in [3.05, 3.63) is 83.1 Å². The van der Waals surface area contributed by atoms with Gasteiger partial charge in [-0.25, -0.2) is 13.5 Å². The number of aromatic nitrogens is 2. The van der Waals surface area contributed by atoms with Crippen molar-refractivity contribution in [1.82, 2.24) is 15.1 Å². The van der Waals surface area contributed by atoms with E-state index >= 15 is 0 Å². The van der Waals surface area contributed by atoms with Crippen LogP contribution in [-0.2, 0) is 26.0 Å². The fourth-order valence-electron chi connectivity index (χ4n) is 4.33. The third-order valence-electron chi connectivity index (χ3n) is 6.75. The summed E-state index contributed by atoms with van der Waals surface area (Å²) in [6.07, 6.45) is 0.219. The number of halogens is 2. The maximum absolute atomic E-state index is 14.0. The fraction of sp³-hybridized carbons (Fsp3) is 0.433. The van der Waals surface area contributed by atoms with E-state index in [-0.39, 0.29) is 12.3 Å². The number of nitrogens with zero attached hydrogens (tertiary/aromatic N) is 2. The van der Waals surface area contributed by atoms with Gasteiger partial charge in [0.1, 0.15) is 23.5 Å². The Morgan fingerprint density at radius 2 is 1.47 bits per heavy atom. The Hall–Kier alpha value is -3.55. The summed E-state index contributed by atoms with van der Waals surface area (Å²) in [5.74, 6) is -1.55. The summed E-state index contributed by atoms with van der Waals surface area (Å²) < 4.78 is 29.6. The Balaban J connectivity index is 1.79. The van der Waals surface area contributed by atoms with Gasteiger partial charge in [-0.1, -0.05) is 58.0 Å². The van der Waals surface area contributed by atoms with Crippen molar-refractivity contribution in [3.63, 3.8) is 0 Å². The summed E-state index contributed by atoms with van der Waals surface area (Å²) in [4.78, 5) is 25.9. The second kappa shape index (κ2) is 10.7. The Morgan fingerprint density at radius 3 is 2.03 bits per heavy atom. The van der Waals surface area contributed by atoms with E-state index in [9.17, 15) is 18.4 Å². The van der Waals surface area contributed by atoms with Gasteiger partial charge in [0.25, 0.3) is 0 Å². The average molecular weight is 525 g/mol. The van der Waals surface area contributed by atoms with Gasteiger partial charge in [0.05, 0.1) is 11.2 Å². The monoisotopic (exact) mass is 524 g/mol. The first-order valence-corrected chi connectivity index (χ1v) is 12.7. The van der Waals surface area contributed by atoms with Gasteiger partial charge in [-0.3, -0.25) is 9.59 Å². The minimum atomic E-state index is -0.845. The van der Waals surface area contributed by atoms with Crippen LogP contribution in [0.2, 0.25) is 0 Å². The Kier molecular flexibility index (Phi) is 8.15. The molecule has 1 atom stereocenters. The molecule has 3 aromatic rings. The normalized spacial score (nSPS) is 13.2. The van der Waals surface area contributed by atoms with Gasteiger partial charge in [-0.2, -0.15) is 5.10 Å². The van der Waals surface area contributed by atoms with Crippen LogP contribution in [0, 0.1) is 11.6 Å². The number of carbonyl (C=O) groups is 2. The van der Waals surface area contributed by atoms with E-state index in [1.165, 1.54) is 12.1 Å². The maximum Gasteiger partial charge on any atom is 0.247 e. The molecule has 1 aromatic heterocycles. The van der Waals surface area contributed by atoms with Crippen LogP contribution < -0.4 is 10.6 Å². The molecule has 2 aromatic carbocycles. The van der Waals surface area contributed by atoms with Crippen molar-refractivity contribution in [2.45, 2.75) is 84.2 Å². The van der Waals surface area contributed by atoms with Gasteiger partial charge in [-0.05, 0) is 56.4 Å². The van der Waals surface area contributed by atoms with Crippen molar-refractivity contribution >= 4 is 17.6 Å². The second-order valence-electron chi connectivity index (χ2n) is 12.0. The van der Waals surface area contributed by atoms with E-state index in [0.29, 0.717) is 17.1 Å². The predicted octanol–water partition coefficient (Wildman–Crippen LogP) is 6.05. The zero-order chi connectivity index (χ0) is 28.5. The zero-order valence-electron chi connectivity index (χ0n) is 23.4. The van der Waals surface area contributed by atoms with Gasteiger partial charge in [0.2, 0.25) is 11.8 Å². The lowest BCUT2D eigenvalue weighted by Crippen LogP contribution is -2.43. The molecule has 2 N–H and O–H groups in total. The molecule has 0 saturated heterocycles. The first-order chi connectivity index (χ1) is 17.5. The van der Waals surface area contributed by atoms with Crippen LogP contribution in [0.5, 0.6) is 0 Å². The molecule has 204 valence electrons. The number of anilines is 1. The Morgan fingerprint density at radius 1 is 0.895 bits per heavy atom. The molecule has 38 heavy (non-hydrogen) atoms. The van der Waals surface area contributed by atoms with Crippen molar-refractivity contribution in [1.29, 1.82) is 0 Å². The second-order valence-corrected chi connectivity index (χ2v) is 12.0. The molecule has 0 radical (unpaired) electrons. The van der Waals surface area contributed by atoms with Crippen molar-refractivity contribution < 1.29 is 18.4 Å². The number of carbonyl (C=O) groups excluding carboxylic acids is 2. The summed E-state index contributed by atoms with van der Waals surface area (Å²) >= 11 is 0. The molecule has 6 nitrogen and oxygen atoms in total. The molecule has 0 aliphatic carbocycles. The molecule has 2 amide bonds. The summed E-state index contributed by atoms with van der Waals surface area (Å²) in [5, 5.41) is 10.4. The lowest BCUT2D eigenvalue weighted by atomic mass is 9.81. The first-order valence-electron chi connectivity index (χ1n) is 12.7. The fourth-order valence-corrected chi connectivity index (χ4v) is 4.33. The van der Waals surface area contributed by atoms with Crippen LogP contribution in [0.25, 0.3) is 0 Å². The Labute approximate surface area is 223 Å². The molecule has 0 aliphatic heterocycles. The van der Waals surface area contributed by atoms with E-state index in [1.54, 1.807) is 17.7 Å². The molecule has 0 bridgehead atoms. The van der Waals surface area contributed by atoms with Crippen LogP contribution in [0.15, 0.2) is 54.6 Å². The van der Waals surface area contributed by atoms with Gasteiger partial charge in [0.15, 0.2) is 0 Å². The van der Waals surface area contributed by atoms with Crippen molar-refractivity contribution in [2.75, 3.05) is 5.32 Å². The van der Waals surface area contributed by atoms with Crippen LogP contribution in [-0.4, -0.2) is 27.6 Å². The summed E-state index contributed by atoms with van der Waals surface area (Å²) in [6, 6.07) is 14.1.